The SMILES string of the molecule is CCCCCCc1ccc(/C=C/c2ccnc(/C([NH-])=C/C(=N)C(F)(F)F)c2)s1.O=CO/C(=C/c1ccnc(-c2cc(OC=O)cc(-c3cc(/C=C(\CC(F)(F)F)OC=O)ccn3)n2)c1)CC(F)(F)F.[N-]=C=S.[Ru+2]. The molecule has 0 saturated carbocycles. The fraction of sp³-hybridized carbons (Fsp3) is 0.229. The van der Waals surface area contributed by atoms with Crippen LogP contribution in [0.5, 0.6) is 5.75 Å². The minimum Gasteiger partial charge on any atom is -0.753 e. The van der Waals surface area contributed by atoms with E-state index in [1.165, 1.54) is 96.8 Å². The van der Waals surface area contributed by atoms with Crippen molar-refractivity contribution in [2.45, 2.75) is 70.4 Å². The third-order valence-electron chi connectivity index (χ3n) is 8.93. The number of isothiocyanates is 1. The molecule has 73 heavy (non-hydrogen) atoms. The summed E-state index contributed by atoms with van der Waals surface area (Å²) in [5, 5.41) is 15.4. The van der Waals surface area contributed by atoms with Gasteiger partial charge in [0, 0.05) is 46.2 Å². The molecule has 5 aromatic heterocycles. The number of allylic oxidation sites excluding steroid dienone is 3. The van der Waals surface area contributed by atoms with E-state index in [-0.39, 0.29) is 84.2 Å². The second kappa shape index (κ2) is 30.7. The third-order valence-corrected chi connectivity index (χ3v) is 10.0. The molecule has 0 spiro atoms. The number of ether oxygens (including phenoxy) is 3. The molecule has 5 rings (SSSR count). The van der Waals surface area contributed by atoms with Gasteiger partial charge in [-0.1, -0.05) is 44.5 Å². The summed E-state index contributed by atoms with van der Waals surface area (Å²) in [5.74, 6) is -1.38. The van der Waals surface area contributed by atoms with Crippen molar-refractivity contribution in [2.24, 2.45) is 0 Å². The Kier molecular flexibility index (Phi) is 26.1. The molecule has 0 fully saturated rings. The second-order valence-corrected chi connectivity index (χ2v) is 15.8. The van der Waals surface area contributed by atoms with E-state index in [4.69, 9.17) is 21.3 Å². The summed E-state index contributed by atoms with van der Waals surface area (Å²) in [4.78, 5) is 51.3. The van der Waals surface area contributed by atoms with Gasteiger partial charge in [0.2, 0.25) is 0 Å². The molecule has 386 valence electrons. The van der Waals surface area contributed by atoms with Crippen LogP contribution in [0.2, 0.25) is 0 Å². The maximum Gasteiger partial charge on any atom is 2.00 e. The smallest absolute Gasteiger partial charge is 0.753 e. The third kappa shape index (κ3) is 23.8. The summed E-state index contributed by atoms with van der Waals surface area (Å²) in [6, 6.07) is 15.4. The van der Waals surface area contributed by atoms with Crippen LogP contribution in [-0.4, -0.2) is 68.8 Å². The zero-order valence-electron chi connectivity index (χ0n) is 37.8. The number of halogens is 9. The molecule has 0 aliphatic heterocycles. The predicted molar refractivity (Wildman–Crippen MR) is 256 cm³/mol. The van der Waals surface area contributed by atoms with Crippen LogP contribution in [0.3, 0.4) is 0 Å². The number of hydrogen-bond acceptors (Lipinski definition) is 13. The first-order valence-electron chi connectivity index (χ1n) is 20.7. The first kappa shape index (κ1) is 62.1. The van der Waals surface area contributed by atoms with Gasteiger partial charge in [-0.05, 0) is 102 Å². The Morgan fingerprint density at radius 1 is 0.726 bits per heavy atom. The van der Waals surface area contributed by atoms with Gasteiger partial charge in [-0.25, -0.2) is 4.98 Å². The summed E-state index contributed by atoms with van der Waals surface area (Å²) >= 11 is 5.43. The van der Waals surface area contributed by atoms with E-state index < -0.39 is 54.3 Å². The predicted octanol–water partition coefficient (Wildman–Crippen LogP) is 13.7. The van der Waals surface area contributed by atoms with Crippen molar-refractivity contribution in [1.29, 1.82) is 5.41 Å². The number of nitrogens with zero attached hydrogens (tertiary/aromatic N) is 5. The molecule has 0 aliphatic carbocycles. The number of thiophene rings is 1. The largest absolute Gasteiger partial charge is 2.00 e. The van der Waals surface area contributed by atoms with Crippen LogP contribution in [-0.2, 0) is 49.8 Å². The Labute approximate surface area is 433 Å². The number of aromatic nitrogens is 4. The minimum atomic E-state index is -4.77. The molecule has 5 aromatic rings. The molecule has 0 unspecified atom stereocenters. The van der Waals surface area contributed by atoms with Gasteiger partial charge in [-0.3, -0.25) is 34.7 Å². The van der Waals surface area contributed by atoms with E-state index in [0.29, 0.717) is 6.08 Å². The Morgan fingerprint density at radius 2 is 1.25 bits per heavy atom. The summed E-state index contributed by atoms with van der Waals surface area (Å²) in [7, 11) is 0. The number of rotatable bonds is 21. The number of alkyl halides is 9. The average molecular weight is 1150 g/mol. The van der Waals surface area contributed by atoms with E-state index >= 15 is 0 Å². The summed E-state index contributed by atoms with van der Waals surface area (Å²) in [6.07, 6.45) is -0.894. The second-order valence-electron chi connectivity index (χ2n) is 14.5. The molecule has 5 heterocycles. The first-order chi connectivity index (χ1) is 34.1. The monoisotopic (exact) mass is 1150 g/mol. The van der Waals surface area contributed by atoms with Crippen LogP contribution in [0.15, 0.2) is 96.8 Å². The fourth-order valence-corrected chi connectivity index (χ4v) is 6.87. The molecule has 0 amide bonds. The maximum atomic E-state index is 12.8. The van der Waals surface area contributed by atoms with Crippen molar-refractivity contribution in [3.63, 3.8) is 0 Å². The Balaban J connectivity index is 0.000000497. The van der Waals surface area contributed by atoms with E-state index in [1.807, 2.05) is 12.2 Å². The number of thiocarbonyl (C=S) groups is 1. The van der Waals surface area contributed by atoms with Crippen LogP contribution in [0.25, 0.3) is 63.9 Å². The van der Waals surface area contributed by atoms with E-state index in [0.717, 1.165) is 29.0 Å². The average Bonchev–Trinajstić information content (AvgIpc) is 3.77. The number of aryl methyl sites for hydroxylation is 1. The van der Waals surface area contributed by atoms with E-state index in [1.54, 1.807) is 17.4 Å². The quantitative estimate of drug-likeness (QED) is 0.0139. The molecule has 2 N–H and O–H groups in total. The Hall–Kier alpha value is -7.07. The van der Waals surface area contributed by atoms with Gasteiger partial charge in [0.1, 0.15) is 35.8 Å². The molecule has 0 atom stereocenters. The zero-order valence-corrected chi connectivity index (χ0v) is 41.2. The van der Waals surface area contributed by atoms with Crippen molar-refractivity contribution in [3.8, 4) is 28.5 Å². The molecule has 0 aromatic carbocycles. The number of unbranched alkanes of at least 4 members (excludes halogenated alkanes) is 3. The van der Waals surface area contributed by atoms with Gasteiger partial charge in [-0.15, -0.1) is 17.0 Å². The van der Waals surface area contributed by atoms with Crippen LogP contribution < -0.4 is 4.74 Å². The molecular weight excluding hydrogens is 1110 g/mol. The van der Waals surface area contributed by atoms with Crippen molar-refractivity contribution in [2.75, 3.05) is 0 Å². The van der Waals surface area contributed by atoms with E-state index in [9.17, 15) is 53.9 Å². The van der Waals surface area contributed by atoms with Crippen LogP contribution in [0.1, 0.15) is 77.6 Å². The molecule has 25 heteroatoms. The molecule has 13 nitrogen and oxygen atoms in total. The number of nitrogens with one attached hydrogen (secondary N) is 2. The van der Waals surface area contributed by atoms with Gasteiger partial charge < -0.3 is 25.4 Å². The summed E-state index contributed by atoms with van der Waals surface area (Å²) in [5.41, 5.74) is 7.28. The van der Waals surface area contributed by atoms with Crippen molar-refractivity contribution >= 4 is 83.8 Å². The molecule has 0 saturated heterocycles. The maximum absolute atomic E-state index is 12.8. The standard InChI is InChI=1S/C26H17F6N3O6.C21H23F3N3S.CNS.Ru/c27-25(28,29)11-19(40-14-37)5-16-1-3-33-21(7-16)23-9-18(39-13-36)10-24(35-23)22-8-17(2-4-34-22)6-20(41-15-38)12-26(30,31)32;1-2-3-4-5-6-16-9-10-17(28-16)8-7-15-11-12-27-19(13-15)18(25)14-20(26)21(22,23)24;2-1-3;/h1-10,13-15H,11-12H2;7-14,25-26H,2-6H2,1H3;;/q;2*-1;+2/b19-5+,20-6+;8-7+,18-14-,26-20?;;. The van der Waals surface area contributed by atoms with Crippen LogP contribution in [0, 0.1) is 5.41 Å². The van der Waals surface area contributed by atoms with Crippen LogP contribution >= 0.6 is 23.6 Å². The molecular formula is C48H40F9N7O6RuS2. The Morgan fingerprint density at radius 3 is 1.73 bits per heavy atom. The topological polar surface area (TPSA) is 200 Å². The van der Waals surface area contributed by atoms with Gasteiger partial charge in [0.25, 0.3) is 19.4 Å². The number of hydrogen-bond donors (Lipinski definition) is 1. The normalized spacial score (nSPS) is 11.9. The summed E-state index contributed by atoms with van der Waals surface area (Å²) in [6.45, 7) is 2.04. The van der Waals surface area contributed by atoms with Crippen LogP contribution in [0.4, 0.5) is 39.5 Å². The Bertz CT molecular complexity index is 2690. The zero-order chi connectivity index (χ0) is 53.3. The molecule has 0 aliphatic rings. The number of carbonyl (C=O) groups excluding carboxylic acids is 3. The van der Waals surface area contributed by atoms with E-state index in [2.05, 4.69) is 60.7 Å². The van der Waals surface area contributed by atoms with Gasteiger partial charge in [-0.2, -0.15) is 44.7 Å². The van der Waals surface area contributed by atoms with Gasteiger partial charge >= 0.3 is 38.0 Å². The van der Waals surface area contributed by atoms with Crippen molar-refractivity contribution < 1.29 is 87.6 Å². The van der Waals surface area contributed by atoms with Crippen molar-refractivity contribution in [1.82, 2.24) is 19.9 Å². The molecule has 0 radical (unpaired) electrons. The number of pyridine rings is 4. The molecule has 0 bridgehead atoms. The van der Waals surface area contributed by atoms with Crippen molar-refractivity contribution in [3.05, 3.63) is 140 Å². The van der Waals surface area contributed by atoms with Gasteiger partial charge in [0.15, 0.2) is 0 Å². The fourth-order valence-electron chi connectivity index (χ4n) is 5.91. The number of carbonyl (C=O) groups is 3. The first-order valence-corrected chi connectivity index (χ1v) is 22.0. The van der Waals surface area contributed by atoms with Gasteiger partial charge in [0.05, 0.1) is 22.8 Å². The minimum absolute atomic E-state index is 0. The summed E-state index contributed by atoms with van der Waals surface area (Å²) < 4.78 is 128.